The Balaban J connectivity index is 0.00000162. The molecule has 1 aliphatic heterocycles. The van der Waals surface area contributed by atoms with Gasteiger partial charge in [-0.15, -0.1) is 36.2 Å². The molecule has 112 valence electrons. The zero-order chi connectivity index (χ0) is 12.1. The lowest BCUT2D eigenvalue weighted by Gasteiger charge is -2.28. The fraction of sp³-hybridized carbons (Fsp3) is 0.667. The summed E-state index contributed by atoms with van der Waals surface area (Å²) in [5.41, 5.74) is 0. The van der Waals surface area contributed by atoms with Crippen LogP contribution in [-0.4, -0.2) is 56.1 Å². The van der Waals surface area contributed by atoms with E-state index in [9.17, 15) is 0 Å². The number of nitrogens with zero attached hydrogens (tertiary/aromatic N) is 2. The molecule has 2 heterocycles. The minimum atomic E-state index is 0. The van der Waals surface area contributed by atoms with Gasteiger partial charge in [0, 0.05) is 60.5 Å². The second-order valence-electron chi connectivity index (χ2n) is 4.56. The quantitative estimate of drug-likeness (QED) is 0.833. The van der Waals surface area contributed by atoms with Crippen LogP contribution in [0, 0.1) is 0 Å². The summed E-state index contributed by atoms with van der Waals surface area (Å²) in [4.78, 5) is 6.37. The average Bonchev–Trinajstić information content (AvgIpc) is 2.73. The molecule has 19 heavy (non-hydrogen) atoms. The first kappa shape index (κ1) is 19.6. The fourth-order valence-corrected chi connectivity index (χ4v) is 3.56. The highest BCUT2D eigenvalue weighted by Gasteiger charge is 2.10. The van der Waals surface area contributed by atoms with Crippen molar-refractivity contribution in [3.8, 4) is 0 Å². The number of thiophene rings is 1. The van der Waals surface area contributed by atoms with Crippen molar-refractivity contribution in [2.24, 2.45) is 0 Å². The van der Waals surface area contributed by atoms with Crippen LogP contribution in [0.2, 0.25) is 0 Å². The molecule has 1 aromatic heterocycles. The van der Waals surface area contributed by atoms with E-state index in [-0.39, 0.29) is 24.8 Å². The second-order valence-corrected chi connectivity index (χ2v) is 6.47. The van der Waals surface area contributed by atoms with Crippen molar-refractivity contribution in [2.45, 2.75) is 6.54 Å². The SMILES string of the molecule is CN(CCN1CCNCC1)Cc1cc(Br)cs1.Cl.Cl. The fourth-order valence-electron chi connectivity index (χ4n) is 2.03. The third-order valence-electron chi connectivity index (χ3n) is 3.06. The van der Waals surface area contributed by atoms with Crippen molar-refractivity contribution < 1.29 is 0 Å². The van der Waals surface area contributed by atoms with Gasteiger partial charge < -0.3 is 10.2 Å². The highest BCUT2D eigenvalue weighted by atomic mass is 79.9. The van der Waals surface area contributed by atoms with Crippen LogP contribution in [0.1, 0.15) is 4.88 Å². The molecule has 0 radical (unpaired) electrons. The van der Waals surface area contributed by atoms with Gasteiger partial charge in [0.1, 0.15) is 0 Å². The molecule has 1 aromatic rings. The molecular formula is C12H22BrCl2N3S. The molecule has 0 aliphatic carbocycles. The van der Waals surface area contributed by atoms with E-state index < -0.39 is 0 Å². The average molecular weight is 391 g/mol. The molecule has 0 atom stereocenters. The summed E-state index contributed by atoms with van der Waals surface area (Å²) in [7, 11) is 2.20. The van der Waals surface area contributed by atoms with Crippen LogP contribution in [0.25, 0.3) is 0 Å². The third kappa shape index (κ3) is 7.27. The van der Waals surface area contributed by atoms with Crippen molar-refractivity contribution >= 4 is 52.1 Å². The van der Waals surface area contributed by atoms with Gasteiger partial charge in [-0.1, -0.05) is 0 Å². The molecule has 1 N–H and O–H groups in total. The minimum Gasteiger partial charge on any atom is -0.314 e. The summed E-state index contributed by atoms with van der Waals surface area (Å²) in [5, 5.41) is 5.54. The van der Waals surface area contributed by atoms with Gasteiger partial charge in [0.25, 0.3) is 0 Å². The monoisotopic (exact) mass is 389 g/mol. The van der Waals surface area contributed by atoms with E-state index >= 15 is 0 Å². The van der Waals surface area contributed by atoms with Gasteiger partial charge >= 0.3 is 0 Å². The Hall–Kier alpha value is 0.640. The maximum Gasteiger partial charge on any atom is 0.0325 e. The van der Waals surface area contributed by atoms with E-state index in [1.807, 2.05) is 11.3 Å². The topological polar surface area (TPSA) is 18.5 Å². The molecular weight excluding hydrogens is 369 g/mol. The number of likely N-dealkylation sites (N-methyl/N-ethyl adjacent to an activating group) is 1. The molecule has 1 aliphatic rings. The number of piperazine rings is 1. The van der Waals surface area contributed by atoms with E-state index in [0.717, 1.165) is 26.2 Å². The molecule has 0 spiro atoms. The van der Waals surface area contributed by atoms with Crippen LogP contribution in [0.5, 0.6) is 0 Å². The van der Waals surface area contributed by atoms with Crippen molar-refractivity contribution in [1.29, 1.82) is 0 Å². The lowest BCUT2D eigenvalue weighted by Crippen LogP contribution is -2.45. The predicted octanol–water partition coefficient (Wildman–Crippen LogP) is 2.69. The second kappa shape index (κ2) is 10.4. The summed E-state index contributed by atoms with van der Waals surface area (Å²) in [6.45, 7) is 8.06. The number of halogens is 3. The Morgan fingerprint density at radius 3 is 2.63 bits per heavy atom. The molecule has 0 unspecified atom stereocenters. The number of nitrogens with one attached hydrogen (secondary N) is 1. The van der Waals surface area contributed by atoms with Gasteiger partial charge in [0.15, 0.2) is 0 Å². The summed E-state index contributed by atoms with van der Waals surface area (Å²) in [6.07, 6.45) is 0. The highest BCUT2D eigenvalue weighted by molar-refractivity contribution is 9.10. The first-order chi connectivity index (χ1) is 8.24. The maximum atomic E-state index is 3.50. The molecule has 0 saturated carbocycles. The van der Waals surface area contributed by atoms with Crippen LogP contribution < -0.4 is 5.32 Å². The van der Waals surface area contributed by atoms with E-state index in [0.29, 0.717) is 0 Å². The Labute approximate surface area is 140 Å². The molecule has 1 saturated heterocycles. The van der Waals surface area contributed by atoms with Crippen LogP contribution >= 0.6 is 52.1 Å². The highest BCUT2D eigenvalue weighted by Crippen LogP contribution is 2.20. The third-order valence-corrected chi connectivity index (χ3v) is 4.74. The van der Waals surface area contributed by atoms with Crippen LogP contribution in [0.4, 0.5) is 0 Å². The zero-order valence-corrected chi connectivity index (χ0v) is 15.1. The standard InChI is InChI=1S/C12H20BrN3S.2ClH/c1-15(9-12-8-11(13)10-17-12)6-7-16-4-2-14-3-5-16;;/h8,10,14H,2-7,9H2,1H3;2*1H. The molecule has 3 nitrogen and oxygen atoms in total. The van der Waals surface area contributed by atoms with E-state index in [1.165, 1.54) is 29.0 Å². The predicted molar refractivity (Wildman–Crippen MR) is 92.2 cm³/mol. The molecule has 0 aromatic carbocycles. The summed E-state index contributed by atoms with van der Waals surface area (Å²) < 4.78 is 1.20. The van der Waals surface area contributed by atoms with Crippen LogP contribution in [0.15, 0.2) is 15.9 Å². The number of rotatable bonds is 5. The normalized spacial score (nSPS) is 15.9. The smallest absolute Gasteiger partial charge is 0.0325 e. The van der Waals surface area contributed by atoms with Crippen molar-refractivity contribution in [2.75, 3.05) is 46.3 Å². The lowest BCUT2D eigenvalue weighted by atomic mass is 10.3. The van der Waals surface area contributed by atoms with Crippen LogP contribution in [0.3, 0.4) is 0 Å². The number of hydrogen-bond donors (Lipinski definition) is 1. The summed E-state index contributed by atoms with van der Waals surface area (Å²) in [5.74, 6) is 0. The van der Waals surface area contributed by atoms with E-state index in [2.05, 4.69) is 49.5 Å². The minimum absolute atomic E-state index is 0. The first-order valence-corrected chi connectivity index (χ1v) is 7.76. The van der Waals surface area contributed by atoms with Gasteiger partial charge in [-0.25, -0.2) is 0 Å². The Bertz CT molecular complexity index is 345. The van der Waals surface area contributed by atoms with Gasteiger partial charge in [0.2, 0.25) is 0 Å². The molecule has 0 amide bonds. The van der Waals surface area contributed by atoms with Gasteiger partial charge in [-0.05, 0) is 29.0 Å². The van der Waals surface area contributed by atoms with E-state index in [4.69, 9.17) is 0 Å². The largest absolute Gasteiger partial charge is 0.314 e. The molecule has 1 fully saturated rings. The van der Waals surface area contributed by atoms with Gasteiger partial charge in [0.05, 0.1) is 0 Å². The molecule has 2 rings (SSSR count). The van der Waals surface area contributed by atoms with Crippen molar-refractivity contribution in [1.82, 2.24) is 15.1 Å². The lowest BCUT2D eigenvalue weighted by molar-refractivity contribution is 0.203. The van der Waals surface area contributed by atoms with Crippen molar-refractivity contribution in [3.63, 3.8) is 0 Å². The van der Waals surface area contributed by atoms with Gasteiger partial charge in [-0.2, -0.15) is 0 Å². The van der Waals surface area contributed by atoms with Crippen molar-refractivity contribution in [3.05, 3.63) is 20.8 Å². The maximum absolute atomic E-state index is 3.50. The molecule has 7 heteroatoms. The van der Waals surface area contributed by atoms with Crippen LogP contribution in [-0.2, 0) is 6.54 Å². The summed E-state index contributed by atoms with van der Waals surface area (Å²) >= 11 is 5.33. The first-order valence-electron chi connectivity index (χ1n) is 6.08. The Morgan fingerprint density at radius 1 is 1.37 bits per heavy atom. The summed E-state index contributed by atoms with van der Waals surface area (Å²) in [6, 6.07) is 2.21. The Kier molecular flexibility index (Phi) is 10.7. The number of hydrogen-bond acceptors (Lipinski definition) is 4. The van der Waals surface area contributed by atoms with E-state index in [1.54, 1.807) is 0 Å². The zero-order valence-electron chi connectivity index (χ0n) is 11.1. The van der Waals surface area contributed by atoms with Gasteiger partial charge in [-0.3, -0.25) is 4.90 Å². The molecule has 0 bridgehead atoms. The Morgan fingerprint density at radius 2 is 2.05 bits per heavy atom.